The first-order valence-corrected chi connectivity index (χ1v) is 16.9. The lowest BCUT2D eigenvalue weighted by Gasteiger charge is -2.38. The highest BCUT2D eigenvalue weighted by Crippen LogP contribution is 2.42. The fraction of sp³-hybridized carbons (Fsp3) is 0.375. The molecule has 1 aromatic carbocycles. The van der Waals surface area contributed by atoms with Crippen molar-refractivity contribution in [2.75, 3.05) is 39.6 Å². The summed E-state index contributed by atoms with van der Waals surface area (Å²) >= 11 is 0. The topological polar surface area (TPSA) is 85.5 Å². The van der Waals surface area contributed by atoms with Gasteiger partial charge in [-0.2, -0.15) is 0 Å². The first-order valence-electron chi connectivity index (χ1n) is 13.9. The molecule has 0 atom stereocenters. The number of carboxylic acids is 1. The quantitative estimate of drug-likeness (QED) is 0.273. The number of hydrogen-bond acceptors (Lipinski definition) is 4. The van der Waals surface area contributed by atoms with Crippen molar-refractivity contribution < 1.29 is 19.3 Å². The van der Waals surface area contributed by atoms with Gasteiger partial charge in [0.2, 0.25) is 0 Å². The summed E-state index contributed by atoms with van der Waals surface area (Å²) in [5.74, 6) is -0.935. The van der Waals surface area contributed by atoms with E-state index < -0.39 is 14.0 Å². The Morgan fingerprint density at radius 2 is 1.80 bits per heavy atom. The highest BCUT2D eigenvalue weighted by atomic mass is 28.3. The van der Waals surface area contributed by atoms with E-state index in [0.29, 0.717) is 18.5 Å². The molecule has 4 rings (SSSR count). The SMILES string of the molecule is Cc1c(C(=O)NCCCCCC(=O)O)cncc1C1=C2C=CC(=[N+](C)C)C=C2[Si](C)(C)c2cc(N(C)C)ccc21. The van der Waals surface area contributed by atoms with Gasteiger partial charge in [0.25, 0.3) is 5.91 Å². The summed E-state index contributed by atoms with van der Waals surface area (Å²) in [6.07, 6.45) is 12.6. The van der Waals surface area contributed by atoms with Crippen LogP contribution in [0.4, 0.5) is 5.69 Å². The van der Waals surface area contributed by atoms with Crippen molar-refractivity contribution in [3.05, 3.63) is 81.8 Å². The number of rotatable bonds is 9. The van der Waals surface area contributed by atoms with E-state index in [1.807, 2.05) is 13.1 Å². The molecule has 2 aliphatic rings. The fourth-order valence-corrected chi connectivity index (χ4v) is 8.62. The lowest BCUT2D eigenvalue weighted by Crippen LogP contribution is -2.49. The van der Waals surface area contributed by atoms with Gasteiger partial charge in [0.05, 0.1) is 5.56 Å². The third kappa shape index (κ3) is 5.72. The minimum Gasteiger partial charge on any atom is -0.481 e. The number of carboxylic acid groups (broad SMARTS) is 1. The Morgan fingerprint density at radius 3 is 2.48 bits per heavy atom. The van der Waals surface area contributed by atoms with Crippen molar-refractivity contribution >= 4 is 42.1 Å². The van der Waals surface area contributed by atoms with Gasteiger partial charge in [0.15, 0.2) is 5.71 Å². The molecule has 2 heterocycles. The number of allylic oxidation sites excluding steroid dienone is 5. The van der Waals surface area contributed by atoms with Crippen molar-refractivity contribution in [1.29, 1.82) is 0 Å². The first-order chi connectivity index (χ1) is 18.9. The van der Waals surface area contributed by atoms with Crippen molar-refractivity contribution in [1.82, 2.24) is 10.3 Å². The van der Waals surface area contributed by atoms with Gasteiger partial charge in [-0.15, -0.1) is 0 Å². The summed E-state index contributed by atoms with van der Waals surface area (Å²) in [4.78, 5) is 30.6. The molecule has 7 nitrogen and oxygen atoms in total. The average molecular weight is 558 g/mol. The number of nitrogens with one attached hydrogen (secondary N) is 1. The highest BCUT2D eigenvalue weighted by Gasteiger charge is 2.40. The van der Waals surface area contributed by atoms with E-state index in [1.165, 1.54) is 32.9 Å². The van der Waals surface area contributed by atoms with Crippen molar-refractivity contribution in [2.45, 2.75) is 45.7 Å². The first kappa shape index (κ1) is 29.2. The lowest BCUT2D eigenvalue weighted by molar-refractivity contribution is -0.462. The predicted molar refractivity (Wildman–Crippen MR) is 166 cm³/mol. The van der Waals surface area contributed by atoms with Crippen LogP contribution in [0.2, 0.25) is 13.1 Å². The number of carbonyl (C=O) groups is 2. The molecule has 0 bridgehead atoms. The average Bonchev–Trinajstić information content (AvgIpc) is 2.90. The number of aromatic nitrogens is 1. The number of pyridine rings is 1. The summed E-state index contributed by atoms with van der Waals surface area (Å²) < 4.78 is 2.15. The molecule has 0 spiro atoms. The van der Waals surface area contributed by atoms with Crippen LogP contribution in [0.1, 0.15) is 52.7 Å². The molecule has 0 radical (unpaired) electrons. The van der Waals surface area contributed by atoms with Crippen LogP contribution in [0.5, 0.6) is 0 Å². The van der Waals surface area contributed by atoms with Gasteiger partial charge < -0.3 is 15.3 Å². The Balaban J connectivity index is 1.78. The van der Waals surface area contributed by atoms with Crippen LogP contribution in [-0.4, -0.2) is 75.1 Å². The van der Waals surface area contributed by atoms with Gasteiger partial charge in [-0.05, 0) is 70.6 Å². The maximum Gasteiger partial charge on any atom is 0.303 e. The molecule has 1 amide bonds. The number of nitrogens with zero attached hydrogens (tertiary/aromatic N) is 3. The molecule has 1 aliphatic carbocycles. The molecular weight excluding hydrogens is 516 g/mol. The van der Waals surface area contributed by atoms with Gasteiger partial charge in [-0.3, -0.25) is 14.6 Å². The summed E-state index contributed by atoms with van der Waals surface area (Å²) in [6.45, 7) is 7.35. The van der Waals surface area contributed by atoms with Crippen LogP contribution in [0.15, 0.2) is 59.6 Å². The van der Waals surface area contributed by atoms with E-state index in [1.54, 1.807) is 6.20 Å². The summed E-state index contributed by atoms with van der Waals surface area (Å²) in [6, 6.07) is 6.75. The molecule has 1 aromatic heterocycles. The van der Waals surface area contributed by atoms with Crippen molar-refractivity contribution in [2.24, 2.45) is 0 Å². The van der Waals surface area contributed by atoms with E-state index in [2.05, 4.69) is 97.5 Å². The Kier molecular flexibility index (Phi) is 8.59. The second kappa shape index (κ2) is 11.8. The van der Waals surface area contributed by atoms with Gasteiger partial charge in [-0.1, -0.05) is 25.6 Å². The molecule has 2 N–H and O–H groups in total. The number of carbonyl (C=O) groups excluding carboxylic acids is 1. The monoisotopic (exact) mass is 557 g/mol. The van der Waals surface area contributed by atoms with E-state index in [-0.39, 0.29) is 12.3 Å². The zero-order valence-electron chi connectivity index (χ0n) is 24.8. The zero-order chi connectivity index (χ0) is 29.2. The third-order valence-corrected chi connectivity index (χ3v) is 11.5. The maximum absolute atomic E-state index is 13.2. The lowest BCUT2D eigenvalue weighted by atomic mass is 9.87. The van der Waals surface area contributed by atoms with Gasteiger partial charge >= 0.3 is 5.97 Å². The standard InChI is InChI=1S/C32H40N4O3Si/c1-21-26(19-33-20-27(21)32(39)34-16-10-8-9-11-30(37)38)31-24-14-12-22(35(2)3)17-28(24)40(6,7)29-18-23(36(4)5)13-15-25(29)31/h12-15,17-20H,8-11,16H2,1-7H3,(H-,34,37,38,39)/p+1. The van der Waals surface area contributed by atoms with E-state index in [0.717, 1.165) is 29.5 Å². The minimum atomic E-state index is -2.06. The second-order valence-corrected chi connectivity index (χ2v) is 15.9. The van der Waals surface area contributed by atoms with Gasteiger partial charge in [0.1, 0.15) is 22.2 Å². The molecule has 40 heavy (non-hydrogen) atoms. The Bertz CT molecular complexity index is 1480. The van der Waals surface area contributed by atoms with Crippen LogP contribution in [0.25, 0.3) is 5.57 Å². The normalized spacial score (nSPS) is 15.3. The predicted octanol–water partition coefficient (Wildman–Crippen LogP) is 4.31. The second-order valence-electron chi connectivity index (χ2n) is 11.6. The number of amides is 1. The van der Waals surface area contributed by atoms with E-state index in [4.69, 9.17) is 5.11 Å². The van der Waals surface area contributed by atoms with Crippen LogP contribution in [-0.2, 0) is 4.79 Å². The van der Waals surface area contributed by atoms with Crippen molar-refractivity contribution in [3.63, 3.8) is 0 Å². The molecule has 0 saturated carbocycles. The Morgan fingerprint density at radius 1 is 1.05 bits per heavy atom. The Labute approximate surface area is 238 Å². The minimum absolute atomic E-state index is 0.150. The smallest absolute Gasteiger partial charge is 0.303 e. The molecule has 0 unspecified atom stereocenters. The highest BCUT2D eigenvalue weighted by molar-refractivity contribution is 6.98. The largest absolute Gasteiger partial charge is 0.481 e. The third-order valence-electron chi connectivity index (χ3n) is 8.01. The van der Waals surface area contributed by atoms with Gasteiger partial charge in [0, 0.05) is 62.9 Å². The molecule has 210 valence electrons. The Hall–Kier alpha value is -3.78. The van der Waals surface area contributed by atoms with Crippen molar-refractivity contribution in [3.8, 4) is 0 Å². The number of fused-ring (bicyclic) bond motifs is 2. The fourth-order valence-electron chi connectivity index (χ4n) is 5.55. The maximum atomic E-state index is 13.2. The molecular formula is C32H41N4O3Si+. The summed E-state index contributed by atoms with van der Waals surface area (Å²) in [5, 5.41) is 14.6. The number of hydrogen-bond donors (Lipinski definition) is 2. The number of unbranched alkanes of at least 4 members (excludes halogenated alkanes) is 2. The zero-order valence-corrected chi connectivity index (χ0v) is 25.8. The van der Waals surface area contributed by atoms with Crippen LogP contribution < -0.4 is 15.4 Å². The molecule has 8 heteroatoms. The van der Waals surface area contributed by atoms with Gasteiger partial charge in [-0.25, -0.2) is 4.58 Å². The van der Waals surface area contributed by atoms with Crippen LogP contribution >= 0.6 is 0 Å². The summed E-state index contributed by atoms with van der Waals surface area (Å²) in [7, 11) is 6.23. The number of aliphatic carboxylic acids is 1. The summed E-state index contributed by atoms with van der Waals surface area (Å²) in [5.41, 5.74) is 8.35. The van der Waals surface area contributed by atoms with Crippen LogP contribution in [0, 0.1) is 6.92 Å². The molecule has 0 saturated heterocycles. The molecule has 0 fully saturated rings. The van der Waals surface area contributed by atoms with Crippen LogP contribution in [0.3, 0.4) is 0 Å². The molecule has 2 aromatic rings. The number of benzene rings is 1. The van der Waals surface area contributed by atoms with E-state index >= 15 is 0 Å². The molecule has 1 aliphatic heterocycles. The van der Waals surface area contributed by atoms with E-state index in [9.17, 15) is 9.59 Å². The number of anilines is 1.